The van der Waals surface area contributed by atoms with E-state index in [2.05, 4.69) is 4.98 Å². The van der Waals surface area contributed by atoms with Crippen LogP contribution in [0.25, 0.3) is 10.9 Å². The van der Waals surface area contributed by atoms with E-state index in [4.69, 9.17) is 16.3 Å². The number of rotatable bonds is 8. The highest BCUT2D eigenvalue weighted by Gasteiger charge is 2.43. The number of Topliss-reactive ketones (excluding diaryl/α,β-unsaturated/α-hetero) is 1. The molecule has 1 amide bonds. The Labute approximate surface area is 213 Å². The summed E-state index contributed by atoms with van der Waals surface area (Å²) < 4.78 is 5.36. The molecule has 7 heteroatoms. The molecule has 0 aliphatic carbocycles. The first-order valence-corrected chi connectivity index (χ1v) is 12.0. The largest absolute Gasteiger partial charge is 0.503 e. The zero-order chi connectivity index (χ0) is 25.2. The van der Waals surface area contributed by atoms with E-state index >= 15 is 0 Å². The van der Waals surface area contributed by atoms with E-state index in [1.165, 1.54) is 0 Å². The number of amides is 1. The number of nitrogens with zero attached hydrogens (tertiary/aromatic N) is 1. The first-order chi connectivity index (χ1) is 17.5. The number of benzene rings is 3. The van der Waals surface area contributed by atoms with Gasteiger partial charge < -0.3 is 19.7 Å². The van der Waals surface area contributed by atoms with Gasteiger partial charge in [0.1, 0.15) is 5.75 Å². The fraction of sp³-hybridized carbons (Fsp3) is 0.172. The van der Waals surface area contributed by atoms with Crippen molar-refractivity contribution in [1.82, 2.24) is 9.88 Å². The second-order valence-electron chi connectivity index (χ2n) is 8.78. The molecule has 36 heavy (non-hydrogen) atoms. The normalized spacial score (nSPS) is 15.7. The molecule has 0 fully saturated rings. The number of H-pyrrole nitrogens is 1. The summed E-state index contributed by atoms with van der Waals surface area (Å²) in [5.41, 5.74) is 3.62. The van der Waals surface area contributed by atoms with Gasteiger partial charge in [-0.25, -0.2) is 0 Å². The lowest BCUT2D eigenvalue weighted by Crippen LogP contribution is -2.33. The van der Waals surface area contributed by atoms with Gasteiger partial charge in [0.15, 0.2) is 11.5 Å². The smallest absolute Gasteiger partial charge is 0.290 e. The first kappa shape index (κ1) is 23.7. The molecule has 1 aromatic heterocycles. The lowest BCUT2D eigenvalue weighted by molar-refractivity contribution is -0.129. The number of ketones is 1. The Morgan fingerprint density at radius 2 is 1.83 bits per heavy atom. The van der Waals surface area contributed by atoms with Crippen LogP contribution >= 0.6 is 11.6 Å². The number of aliphatic hydroxyl groups excluding tert-OH is 1. The van der Waals surface area contributed by atoms with Crippen LogP contribution in [0.4, 0.5) is 0 Å². The fourth-order valence-electron chi connectivity index (χ4n) is 4.77. The first-order valence-electron chi connectivity index (χ1n) is 11.7. The van der Waals surface area contributed by atoms with Crippen molar-refractivity contribution in [3.05, 3.63) is 112 Å². The minimum absolute atomic E-state index is 0.0910. The van der Waals surface area contributed by atoms with Gasteiger partial charge in [0.05, 0.1) is 18.7 Å². The van der Waals surface area contributed by atoms with Crippen molar-refractivity contribution in [2.24, 2.45) is 0 Å². The number of hydrogen-bond donors (Lipinski definition) is 2. The average Bonchev–Trinajstić information content (AvgIpc) is 3.41. The highest BCUT2D eigenvalue weighted by Crippen LogP contribution is 2.39. The van der Waals surface area contributed by atoms with Crippen molar-refractivity contribution in [1.29, 1.82) is 0 Å². The van der Waals surface area contributed by atoms with Gasteiger partial charge >= 0.3 is 0 Å². The number of nitrogens with one attached hydrogen (secondary N) is 1. The number of aromatic nitrogens is 1. The number of ether oxygens (including phenoxy) is 1. The second-order valence-corrected chi connectivity index (χ2v) is 9.21. The van der Waals surface area contributed by atoms with Crippen molar-refractivity contribution < 1.29 is 19.4 Å². The predicted octanol–water partition coefficient (Wildman–Crippen LogP) is 5.58. The van der Waals surface area contributed by atoms with E-state index in [9.17, 15) is 14.7 Å². The van der Waals surface area contributed by atoms with Crippen molar-refractivity contribution in [2.75, 3.05) is 13.7 Å². The molecule has 3 aromatic carbocycles. The molecule has 0 saturated heterocycles. The Morgan fingerprint density at radius 1 is 1.08 bits per heavy atom. The van der Waals surface area contributed by atoms with Crippen LogP contribution in [0.1, 0.15) is 22.7 Å². The molecule has 1 aliphatic heterocycles. The molecule has 2 heterocycles. The van der Waals surface area contributed by atoms with Crippen LogP contribution < -0.4 is 4.74 Å². The van der Waals surface area contributed by atoms with E-state index in [-0.39, 0.29) is 17.8 Å². The maximum absolute atomic E-state index is 13.4. The number of hydrogen-bond acceptors (Lipinski definition) is 4. The van der Waals surface area contributed by atoms with E-state index in [0.717, 1.165) is 27.8 Å². The van der Waals surface area contributed by atoms with E-state index in [1.807, 2.05) is 54.7 Å². The molecule has 1 aliphatic rings. The molecule has 0 unspecified atom stereocenters. The molecule has 6 nitrogen and oxygen atoms in total. The molecule has 0 saturated carbocycles. The molecule has 5 rings (SSSR count). The van der Waals surface area contributed by atoms with Crippen molar-refractivity contribution in [3.8, 4) is 5.75 Å². The van der Waals surface area contributed by atoms with Crippen LogP contribution in [0.3, 0.4) is 0 Å². The summed E-state index contributed by atoms with van der Waals surface area (Å²) >= 11 is 6.10. The molecule has 0 radical (unpaired) electrons. The molecule has 0 bridgehead atoms. The van der Waals surface area contributed by atoms with Gasteiger partial charge in [-0.1, -0.05) is 54.1 Å². The Bertz CT molecular complexity index is 1460. The summed E-state index contributed by atoms with van der Waals surface area (Å²) in [7, 11) is 1.62. The third kappa shape index (κ3) is 4.48. The van der Waals surface area contributed by atoms with Crippen LogP contribution in [-0.4, -0.2) is 40.3 Å². The lowest BCUT2D eigenvalue weighted by Gasteiger charge is -2.27. The molecule has 1 atom stereocenters. The SMILES string of the molecule is COc1ccc2[nH]cc(CCN3C(=O)C(O)=C(C(=O)Cc4ccccc4)[C@@H]3c3ccc(Cl)cc3)c2c1. The van der Waals surface area contributed by atoms with Crippen molar-refractivity contribution >= 4 is 34.2 Å². The number of carbonyl (C=O) groups excluding carboxylic acids is 2. The quantitative estimate of drug-likeness (QED) is 0.331. The third-order valence-corrected chi connectivity index (χ3v) is 6.85. The van der Waals surface area contributed by atoms with Crippen LogP contribution in [0.2, 0.25) is 5.02 Å². The monoisotopic (exact) mass is 500 g/mol. The Hall–Kier alpha value is -4.03. The zero-order valence-electron chi connectivity index (χ0n) is 19.7. The summed E-state index contributed by atoms with van der Waals surface area (Å²) in [6, 6.07) is 21.4. The number of fused-ring (bicyclic) bond motifs is 1. The number of aromatic amines is 1. The van der Waals surface area contributed by atoms with E-state index in [0.29, 0.717) is 23.6 Å². The van der Waals surface area contributed by atoms with E-state index in [1.54, 1.807) is 36.3 Å². The Balaban J connectivity index is 1.47. The van der Waals surface area contributed by atoms with Crippen LogP contribution in [0.15, 0.2) is 90.3 Å². The van der Waals surface area contributed by atoms with Crippen LogP contribution in [-0.2, 0) is 22.4 Å². The summed E-state index contributed by atoms with van der Waals surface area (Å²) in [6.07, 6.45) is 2.53. The minimum atomic E-state index is -0.703. The number of halogens is 1. The molecule has 0 spiro atoms. The van der Waals surface area contributed by atoms with Crippen molar-refractivity contribution in [2.45, 2.75) is 18.9 Å². The summed E-state index contributed by atoms with van der Waals surface area (Å²) in [5.74, 6) is -0.584. The Kier molecular flexibility index (Phi) is 6.53. The highest BCUT2D eigenvalue weighted by molar-refractivity contribution is 6.30. The van der Waals surface area contributed by atoms with Gasteiger partial charge in [-0.05, 0) is 53.4 Å². The molecule has 2 N–H and O–H groups in total. The van der Waals surface area contributed by atoms with Crippen LogP contribution in [0, 0.1) is 0 Å². The maximum atomic E-state index is 13.4. The predicted molar refractivity (Wildman–Crippen MR) is 139 cm³/mol. The molecule has 4 aromatic rings. The standard InChI is InChI=1S/C29H25ClN2O4/c1-36-22-11-12-24-23(16-22)20(17-31-24)13-14-32-27(19-7-9-21(30)10-8-19)26(28(34)29(32)35)25(33)15-18-5-3-2-4-6-18/h2-12,16-17,27,31,34H,13-15H2,1H3/t27-/m0/s1. The average molecular weight is 501 g/mol. The van der Waals surface area contributed by atoms with Gasteiger partial charge in [0, 0.05) is 35.1 Å². The zero-order valence-corrected chi connectivity index (χ0v) is 20.5. The van der Waals surface area contributed by atoms with Gasteiger partial charge in [-0.15, -0.1) is 0 Å². The molecular weight excluding hydrogens is 476 g/mol. The summed E-state index contributed by atoms with van der Waals surface area (Å²) in [5, 5.41) is 12.4. The molecule has 182 valence electrons. The highest BCUT2D eigenvalue weighted by atomic mass is 35.5. The molecular formula is C29H25ClN2O4. The van der Waals surface area contributed by atoms with E-state index < -0.39 is 17.7 Å². The minimum Gasteiger partial charge on any atom is -0.503 e. The third-order valence-electron chi connectivity index (χ3n) is 6.59. The second kappa shape index (κ2) is 9.91. The number of aliphatic hydroxyl groups is 1. The number of methoxy groups -OCH3 is 1. The van der Waals surface area contributed by atoms with Gasteiger partial charge in [0.2, 0.25) is 0 Å². The number of carbonyl (C=O) groups is 2. The van der Waals surface area contributed by atoms with Crippen molar-refractivity contribution in [3.63, 3.8) is 0 Å². The fourth-order valence-corrected chi connectivity index (χ4v) is 4.90. The van der Waals surface area contributed by atoms with Crippen LogP contribution in [0.5, 0.6) is 5.75 Å². The van der Waals surface area contributed by atoms with Gasteiger partial charge in [-0.3, -0.25) is 9.59 Å². The van der Waals surface area contributed by atoms with Gasteiger partial charge in [-0.2, -0.15) is 0 Å². The summed E-state index contributed by atoms with van der Waals surface area (Å²) in [6.45, 7) is 0.308. The maximum Gasteiger partial charge on any atom is 0.290 e. The lowest BCUT2D eigenvalue weighted by atomic mass is 9.93. The summed E-state index contributed by atoms with van der Waals surface area (Å²) in [4.78, 5) is 31.5. The topological polar surface area (TPSA) is 82.6 Å². The Morgan fingerprint density at radius 3 is 2.56 bits per heavy atom. The van der Waals surface area contributed by atoms with Gasteiger partial charge in [0.25, 0.3) is 5.91 Å².